The van der Waals surface area contributed by atoms with Gasteiger partial charge in [0.1, 0.15) is 0 Å². The summed E-state index contributed by atoms with van der Waals surface area (Å²) in [4.78, 5) is 17.6. The molecule has 0 amide bonds. The first kappa shape index (κ1) is 48.8. The van der Waals surface area contributed by atoms with E-state index < -0.39 is 0 Å². The van der Waals surface area contributed by atoms with Gasteiger partial charge in [0.25, 0.3) is 0 Å². The maximum atomic E-state index is 9.76. The van der Waals surface area contributed by atoms with E-state index in [4.69, 9.17) is 0 Å². The van der Waals surface area contributed by atoms with Gasteiger partial charge in [-0.05, 0) is 22.3 Å². The number of amidine groups is 4. The fourth-order valence-corrected chi connectivity index (χ4v) is 8.84. The van der Waals surface area contributed by atoms with Crippen molar-refractivity contribution in [3.05, 3.63) is 144 Å². The van der Waals surface area contributed by atoms with Crippen molar-refractivity contribution in [3.63, 3.8) is 0 Å². The van der Waals surface area contributed by atoms with Crippen molar-refractivity contribution in [2.75, 3.05) is 105 Å². The molecule has 8 rings (SSSR count). The van der Waals surface area contributed by atoms with Gasteiger partial charge in [-0.3, -0.25) is 19.6 Å². The zero-order valence-electron chi connectivity index (χ0n) is 37.1. The van der Waals surface area contributed by atoms with Crippen LogP contribution in [0.25, 0.3) is 0 Å². The molecule has 4 aliphatic rings. The molecular formula is C48H64CuN12O4+2. The second-order valence-electron chi connectivity index (χ2n) is 16.7. The average molecular weight is 937 g/mol. The van der Waals surface area contributed by atoms with Gasteiger partial charge >= 0.3 is 17.1 Å². The number of nitrogens with zero attached hydrogens (tertiary/aromatic N) is 12. The van der Waals surface area contributed by atoms with E-state index in [-0.39, 0.29) is 17.1 Å². The molecule has 4 N–H and O–H groups in total. The van der Waals surface area contributed by atoms with Crippen molar-refractivity contribution in [3.8, 4) is 0 Å². The molecule has 0 aliphatic carbocycles. The molecule has 0 bridgehead atoms. The van der Waals surface area contributed by atoms with E-state index in [1.165, 1.54) is 22.3 Å². The zero-order valence-corrected chi connectivity index (χ0v) is 38.1. The molecule has 4 fully saturated rings. The molecule has 65 heavy (non-hydrogen) atoms. The van der Waals surface area contributed by atoms with E-state index in [0.717, 1.165) is 131 Å². The summed E-state index contributed by atoms with van der Waals surface area (Å²) in [6.07, 6.45) is 0. The van der Waals surface area contributed by atoms with Crippen LogP contribution >= 0.6 is 0 Å². The van der Waals surface area contributed by atoms with Gasteiger partial charge in [-0.25, -0.2) is 0 Å². The molecule has 349 valence electrons. The second kappa shape index (κ2) is 25.7. The Hall–Kier alpha value is -5.68. The van der Waals surface area contributed by atoms with E-state index in [1.54, 1.807) is 0 Å². The zero-order chi connectivity index (χ0) is 44.4. The van der Waals surface area contributed by atoms with Crippen molar-refractivity contribution < 1.29 is 37.9 Å². The quantitative estimate of drug-likeness (QED) is 0.0652. The van der Waals surface area contributed by atoms with Gasteiger partial charge in [-0.15, -0.1) is 0 Å². The SMILES string of the molecule is O/N=C(/C(=N/O)N1CCN(Cc2ccccc2)CC1)N1CCN(Cc2ccccc2)CC1.O/N=C(/C(=N/O)N1CCN(Cc2ccccc2)CC1)N1CCN(Cc2ccccc2)CC1.[Cu+2]. The Morgan fingerprint density at radius 2 is 0.462 bits per heavy atom. The Kier molecular flexibility index (Phi) is 19.3. The van der Waals surface area contributed by atoms with Gasteiger partial charge in [-0.1, -0.05) is 142 Å². The minimum absolute atomic E-state index is 0. The first-order chi connectivity index (χ1) is 31.5. The third-order valence-electron chi connectivity index (χ3n) is 12.5. The van der Waals surface area contributed by atoms with Crippen LogP contribution in [-0.2, 0) is 43.2 Å². The molecule has 4 saturated heterocycles. The van der Waals surface area contributed by atoms with Crippen LogP contribution < -0.4 is 0 Å². The molecule has 1 radical (unpaired) electrons. The Labute approximate surface area is 394 Å². The van der Waals surface area contributed by atoms with Crippen molar-refractivity contribution >= 4 is 23.3 Å². The second-order valence-corrected chi connectivity index (χ2v) is 16.7. The van der Waals surface area contributed by atoms with Crippen LogP contribution in [-0.4, -0.2) is 188 Å². The van der Waals surface area contributed by atoms with E-state index in [1.807, 2.05) is 43.9 Å². The maximum absolute atomic E-state index is 9.76. The van der Waals surface area contributed by atoms with Crippen LogP contribution in [0.5, 0.6) is 0 Å². The van der Waals surface area contributed by atoms with Crippen LogP contribution in [0.4, 0.5) is 0 Å². The largest absolute Gasteiger partial charge is 2.00 e. The van der Waals surface area contributed by atoms with Gasteiger partial charge < -0.3 is 40.4 Å². The van der Waals surface area contributed by atoms with Crippen molar-refractivity contribution in [2.24, 2.45) is 20.6 Å². The number of piperazine rings is 4. The molecule has 4 aromatic carbocycles. The number of benzene rings is 4. The third kappa shape index (κ3) is 14.2. The molecule has 0 unspecified atom stereocenters. The Balaban J connectivity index is 0.000000212. The summed E-state index contributed by atoms with van der Waals surface area (Å²) in [5, 5.41) is 53.2. The summed E-state index contributed by atoms with van der Waals surface area (Å²) in [7, 11) is 0. The molecule has 17 heteroatoms. The molecule has 16 nitrogen and oxygen atoms in total. The van der Waals surface area contributed by atoms with Crippen molar-refractivity contribution in [1.29, 1.82) is 0 Å². The predicted molar refractivity (Wildman–Crippen MR) is 250 cm³/mol. The first-order valence-electron chi connectivity index (χ1n) is 22.5. The first-order valence-corrected chi connectivity index (χ1v) is 22.5. The van der Waals surface area contributed by atoms with Crippen LogP contribution in [0.3, 0.4) is 0 Å². The van der Waals surface area contributed by atoms with Gasteiger partial charge in [0.2, 0.25) is 23.3 Å². The molecule has 0 spiro atoms. The fourth-order valence-electron chi connectivity index (χ4n) is 8.84. The summed E-state index contributed by atoms with van der Waals surface area (Å²) in [6.45, 7) is 16.3. The smallest absolute Gasteiger partial charge is 0.409 e. The average Bonchev–Trinajstić information content (AvgIpc) is 3.35. The van der Waals surface area contributed by atoms with E-state index >= 15 is 0 Å². The fraction of sp³-hybridized carbons (Fsp3) is 0.417. The standard InChI is InChI=1S/2C24H32N6O2.Cu/c2*31-25-23(29-15-11-27(12-16-29)19-21-7-3-1-4-8-21)24(26-32)30-17-13-28(14-18-30)20-22-9-5-2-6-10-22;/h2*1-10,31-32H,11-20H2;/q;;+2/b2*25-23-,26-24-;. The molecule has 0 saturated carbocycles. The van der Waals surface area contributed by atoms with E-state index in [0.29, 0.717) is 23.3 Å². The Morgan fingerprint density at radius 3 is 0.615 bits per heavy atom. The number of hydrogen-bond donors (Lipinski definition) is 4. The minimum atomic E-state index is 0. The van der Waals surface area contributed by atoms with Crippen LogP contribution in [0, 0.1) is 0 Å². The third-order valence-corrected chi connectivity index (χ3v) is 12.5. The molecule has 4 heterocycles. The Morgan fingerprint density at radius 1 is 0.292 bits per heavy atom. The summed E-state index contributed by atoms with van der Waals surface area (Å²) in [5.74, 6) is 1.40. The van der Waals surface area contributed by atoms with Crippen molar-refractivity contribution in [1.82, 2.24) is 39.2 Å². The number of hydrogen-bond acceptors (Lipinski definition) is 12. The number of oxime groups is 4. The number of rotatable bonds is 8. The monoisotopic (exact) mass is 935 g/mol. The molecule has 0 aromatic heterocycles. The topological polar surface area (TPSA) is 156 Å². The van der Waals surface area contributed by atoms with Gasteiger partial charge in [0.05, 0.1) is 0 Å². The maximum Gasteiger partial charge on any atom is 2.00 e. The van der Waals surface area contributed by atoms with Gasteiger partial charge in [0.15, 0.2) is 0 Å². The molecular weight excluding hydrogens is 872 g/mol. The molecule has 4 aliphatic heterocycles. The molecule has 0 atom stereocenters. The minimum Gasteiger partial charge on any atom is -0.409 e. The van der Waals surface area contributed by atoms with Gasteiger partial charge in [0, 0.05) is 131 Å². The summed E-state index contributed by atoms with van der Waals surface area (Å²) < 4.78 is 0. The summed E-state index contributed by atoms with van der Waals surface area (Å²) >= 11 is 0. The summed E-state index contributed by atoms with van der Waals surface area (Å²) in [6, 6.07) is 41.7. The van der Waals surface area contributed by atoms with Gasteiger partial charge in [-0.2, -0.15) is 0 Å². The van der Waals surface area contributed by atoms with Crippen molar-refractivity contribution in [2.45, 2.75) is 26.2 Å². The predicted octanol–water partition coefficient (Wildman–Crippen LogP) is 4.39. The van der Waals surface area contributed by atoms with Crippen LogP contribution in [0.1, 0.15) is 22.3 Å². The van der Waals surface area contributed by atoms with E-state index in [2.05, 4.69) is 137 Å². The molecule has 4 aromatic rings. The van der Waals surface area contributed by atoms with E-state index in [9.17, 15) is 20.8 Å². The van der Waals surface area contributed by atoms with Crippen LogP contribution in [0.15, 0.2) is 142 Å². The normalized spacial score (nSPS) is 19.1. The summed E-state index contributed by atoms with van der Waals surface area (Å²) in [5.41, 5.74) is 5.18. The van der Waals surface area contributed by atoms with Crippen LogP contribution in [0.2, 0.25) is 0 Å². The Bertz CT molecular complexity index is 1790.